The number of hydrogen-bond donors (Lipinski definition) is 2. The Morgan fingerprint density at radius 3 is 2.23 bits per heavy atom. The molecule has 0 spiro atoms. The maximum Gasteiger partial charge on any atom is 0.102 e. The monoisotopic (exact) mass is 301 g/mol. The number of benzene rings is 1. The van der Waals surface area contributed by atoms with E-state index >= 15 is 0 Å². The van der Waals surface area contributed by atoms with Crippen LogP contribution in [0.5, 0.6) is 0 Å². The Morgan fingerprint density at radius 1 is 1.09 bits per heavy atom. The Hall–Kier alpha value is -1.65. The highest BCUT2D eigenvalue weighted by atomic mass is 16.3. The minimum absolute atomic E-state index is 0.177. The summed E-state index contributed by atoms with van der Waals surface area (Å²) < 4.78 is 1.70. The van der Waals surface area contributed by atoms with Crippen LogP contribution in [0, 0.1) is 0 Å². The van der Waals surface area contributed by atoms with Crippen molar-refractivity contribution in [2.45, 2.75) is 45.3 Å². The molecule has 1 aromatic heterocycles. The van der Waals surface area contributed by atoms with Crippen molar-refractivity contribution in [1.29, 1.82) is 0 Å². The maximum absolute atomic E-state index is 10.5. The van der Waals surface area contributed by atoms with Crippen LogP contribution in [0.4, 0.5) is 0 Å². The molecule has 0 aliphatic carbocycles. The van der Waals surface area contributed by atoms with E-state index in [0.717, 1.165) is 12.1 Å². The molecule has 0 aliphatic heterocycles. The first-order chi connectivity index (χ1) is 10.2. The van der Waals surface area contributed by atoms with E-state index < -0.39 is 5.60 Å². The molecule has 4 heteroatoms. The number of aryl methyl sites for hydroxylation is 1. The van der Waals surface area contributed by atoms with E-state index in [4.69, 9.17) is 0 Å². The smallest absolute Gasteiger partial charge is 0.102 e. The van der Waals surface area contributed by atoms with Crippen molar-refractivity contribution >= 4 is 0 Å². The molecule has 0 fully saturated rings. The zero-order valence-electron chi connectivity index (χ0n) is 14.2. The fraction of sp³-hybridized carbons (Fsp3) is 0.500. The van der Waals surface area contributed by atoms with Gasteiger partial charge in [0.2, 0.25) is 0 Å². The van der Waals surface area contributed by atoms with E-state index in [1.54, 1.807) is 17.8 Å². The van der Waals surface area contributed by atoms with E-state index in [9.17, 15) is 5.11 Å². The van der Waals surface area contributed by atoms with Gasteiger partial charge in [-0.3, -0.25) is 4.68 Å². The van der Waals surface area contributed by atoms with Crippen molar-refractivity contribution in [1.82, 2.24) is 15.1 Å². The fourth-order valence-electron chi connectivity index (χ4n) is 2.37. The van der Waals surface area contributed by atoms with Crippen molar-refractivity contribution in [3.8, 4) is 0 Å². The minimum atomic E-state index is -0.917. The summed E-state index contributed by atoms with van der Waals surface area (Å²) in [6.07, 6.45) is 3.56. The molecule has 2 rings (SSSR count). The van der Waals surface area contributed by atoms with Gasteiger partial charge in [-0.25, -0.2) is 0 Å². The molecule has 0 saturated carbocycles. The second-order valence-corrected chi connectivity index (χ2v) is 7.23. The van der Waals surface area contributed by atoms with Crippen molar-refractivity contribution in [3.63, 3.8) is 0 Å². The zero-order chi connectivity index (χ0) is 16.4. The van der Waals surface area contributed by atoms with Crippen molar-refractivity contribution in [2.24, 2.45) is 7.05 Å². The molecule has 4 nitrogen and oxygen atoms in total. The predicted molar refractivity (Wildman–Crippen MR) is 89.6 cm³/mol. The predicted octanol–water partition coefficient (Wildman–Crippen LogP) is 2.71. The first kappa shape index (κ1) is 16.7. The highest BCUT2D eigenvalue weighted by Gasteiger charge is 2.24. The Balaban J connectivity index is 1.91. The third kappa shape index (κ3) is 4.18. The molecule has 0 bridgehead atoms. The second kappa shape index (κ2) is 6.23. The summed E-state index contributed by atoms with van der Waals surface area (Å²) in [7, 11) is 1.85. The van der Waals surface area contributed by atoms with E-state index in [1.807, 2.05) is 13.2 Å². The summed E-state index contributed by atoms with van der Waals surface area (Å²) in [6, 6.07) is 8.64. The van der Waals surface area contributed by atoms with Gasteiger partial charge in [0, 0.05) is 31.9 Å². The molecule has 0 saturated heterocycles. The van der Waals surface area contributed by atoms with E-state index in [1.165, 1.54) is 11.1 Å². The molecule has 1 atom stereocenters. The summed E-state index contributed by atoms with van der Waals surface area (Å²) in [4.78, 5) is 0. The van der Waals surface area contributed by atoms with Crippen molar-refractivity contribution < 1.29 is 5.11 Å². The molecule has 2 N–H and O–H groups in total. The molecule has 1 unspecified atom stereocenters. The molecular weight excluding hydrogens is 274 g/mol. The van der Waals surface area contributed by atoms with Crippen LogP contribution in [0.1, 0.15) is 44.4 Å². The van der Waals surface area contributed by atoms with Gasteiger partial charge in [-0.1, -0.05) is 45.0 Å². The van der Waals surface area contributed by atoms with Crippen molar-refractivity contribution in [2.75, 3.05) is 6.54 Å². The number of nitrogens with zero attached hydrogens (tertiary/aromatic N) is 2. The van der Waals surface area contributed by atoms with Crippen LogP contribution < -0.4 is 5.32 Å². The van der Waals surface area contributed by atoms with Gasteiger partial charge >= 0.3 is 0 Å². The van der Waals surface area contributed by atoms with Gasteiger partial charge in [0.1, 0.15) is 5.60 Å². The van der Waals surface area contributed by atoms with Crippen LogP contribution in [-0.4, -0.2) is 21.4 Å². The second-order valence-electron chi connectivity index (χ2n) is 7.23. The lowest BCUT2D eigenvalue weighted by Crippen LogP contribution is -2.34. The lowest BCUT2D eigenvalue weighted by molar-refractivity contribution is 0.0566. The molecule has 0 amide bonds. The van der Waals surface area contributed by atoms with E-state index in [-0.39, 0.29) is 5.41 Å². The van der Waals surface area contributed by atoms with Crippen LogP contribution in [0.15, 0.2) is 36.7 Å². The topological polar surface area (TPSA) is 50.1 Å². The first-order valence-corrected chi connectivity index (χ1v) is 7.70. The van der Waals surface area contributed by atoms with Crippen molar-refractivity contribution in [3.05, 3.63) is 53.3 Å². The summed E-state index contributed by atoms with van der Waals surface area (Å²) in [5.41, 5.74) is 2.63. The Labute approximate surface area is 133 Å². The van der Waals surface area contributed by atoms with Gasteiger partial charge in [-0.15, -0.1) is 0 Å². The molecular formula is C18H27N3O. The molecule has 22 heavy (non-hydrogen) atoms. The number of rotatable bonds is 5. The van der Waals surface area contributed by atoms with Crippen LogP contribution in [0.2, 0.25) is 0 Å². The molecule has 1 aromatic carbocycles. The average Bonchev–Trinajstić information content (AvgIpc) is 2.86. The SMILES string of the molecule is Cn1cc(C(C)(O)CNCc2ccc(C(C)(C)C)cc2)cn1. The number of aliphatic hydroxyl groups is 1. The van der Waals surface area contributed by atoms with Gasteiger partial charge in [-0.2, -0.15) is 5.10 Å². The van der Waals surface area contributed by atoms with Gasteiger partial charge in [0.05, 0.1) is 6.20 Å². The standard InChI is InChI=1S/C18H27N3O/c1-17(2,3)15-8-6-14(7-9-15)10-19-13-18(4,22)16-11-20-21(5)12-16/h6-9,11-12,19,22H,10,13H2,1-5H3. The Morgan fingerprint density at radius 2 is 1.73 bits per heavy atom. The molecule has 0 radical (unpaired) electrons. The Bertz CT molecular complexity index is 606. The normalized spacial score (nSPS) is 14.8. The number of hydrogen-bond acceptors (Lipinski definition) is 3. The van der Waals surface area contributed by atoms with Crippen LogP contribution in [0.3, 0.4) is 0 Å². The number of nitrogens with one attached hydrogen (secondary N) is 1. The lowest BCUT2D eigenvalue weighted by Gasteiger charge is -2.23. The number of aromatic nitrogens is 2. The van der Waals surface area contributed by atoms with E-state index in [0.29, 0.717) is 6.54 Å². The lowest BCUT2D eigenvalue weighted by atomic mass is 9.87. The largest absolute Gasteiger partial charge is 0.384 e. The summed E-state index contributed by atoms with van der Waals surface area (Å²) in [5.74, 6) is 0. The highest BCUT2D eigenvalue weighted by molar-refractivity contribution is 5.27. The van der Waals surface area contributed by atoms with Gasteiger partial charge < -0.3 is 10.4 Å². The average molecular weight is 301 g/mol. The zero-order valence-corrected chi connectivity index (χ0v) is 14.2. The first-order valence-electron chi connectivity index (χ1n) is 7.70. The quantitative estimate of drug-likeness (QED) is 0.893. The van der Waals surface area contributed by atoms with Crippen LogP contribution in [0.25, 0.3) is 0 Å². The third-order valence-electron chi connectivity index (χ3n) is 3.95. The molecule has 0 aliphatic rings. The molecule has 2 aromatic rings. The third-order valence-corrected chi connectivity index (χ3v) is 3.95. The van der Waals surface area contributed by atoms with Crippen LogP contribution >= 0.6 is 0 Å². The maximum atomic E-state index is 10.5. The minimum Gasteiger partial charge on any atom is -0.384 e. The van der Waals surface area contributed by atoms with Gasteiger partial charge in [0.25, 0.3) is 0 Å². The van der Waals surface area contributed by atoms with Crippen LogP contribution in [-0.2, 0) is 24.6 Å². The van der Waals surface area contributed by atoms with E-state index in [2.05, 4.69) is 55.5 Å². The fourth-order valence-corrected chi connectivity index (χ4v) is 2.37. The highest BCUT2D eigenvalue weighted by Crippen LogP contribution is 2.22. The van der Waals surface area contributed by atoms with Gasteiger partial charge in [-0.05, 0) is 23.5 Å². The molecule has 120 valence electrons. The molecule has 1 heterocycles. The summed E-state index contributed by atoms with van der Waals surface area (Å²) in [5, 5.41) is 17.9. The van der Waals surface area contributed by atoms with Gasteiger partial charge in [0.15, 0.2) is 0 Å². The Kier molecular flexibility index (Phi) is 4.73. The summed E-state index contributed by atoms with van der Waals surface area (Å²) >= 11 is 0. The summed E-state index contributed by atoms with van der Waals surface area (Å²) in [6.45, 7) is 9.67.